The molecule has 0 aliphatic rings. The van der Waals surface area contributed by atoms with E-state index in [1.807, 2.05) is 12.1 Å². The Kier molecular flexibility index (Phi) is 5.81. The van der Waals surface area contributed by atoms with Gasteiger partial charge in [-0.1, -0.05) is 24.6 Å². The predicted molar refractivity (Wildman–Crippen MR) is 75.0 cm³/mol. The zero-order valence-electron chi connectivity index (χ0n) is 10.1. The van der Waals surface area contributed by atoms with Gasteiger partial charge >= 0.3 is 0 Å². The summed E-state index contributed by atoms with van der Waals surface area (Å²) >= 11 is 9.50. The minimum absolute atomic E-state index is 0.572. The van der Waals surface area contributed by atoms with E-state index in [4.69, 9.17) is 11.6 Å². The fourth-order valence-electron chi connectivity index (χ4n) is 1.68. The molecular formula is C13H19BrClN. The molecule has 0 spiro atoms. The molecule has 0 N–H and O–H groups in total. The van der Waals surface area contributed by atoms with E-state index in [-0.39, 0.29) is 0 Å². The van der Waals surface area contributed by atoms with E-state index in [1.165, 1.54) is 12.0 Å². The minimum atomic E-state index is 0.572. The summed E-state index contributed by atoms with van der Waals surface area (Å²) in [5.74, 6) is 0. The molecule has 0 fully saturated rings. The molecule has 0 atom stereocenters. The van der Waals surface area contributed by atoms with Gasteiger partial charge in [0.1, 0.15) is 0 Å². The predicted octanol–water partition coefficient (Wildman–Crippen LogP) is 4.72. The third-order valence-corrected chi connectivity index (χ3v) is 3.84. The Bertz CT molecular complexity index is 339. The molecule has 0 radical (unpaired) electrons. The minimum Gasteiger partial charge on any atom is -0.297 e. The quantitative estimate of drug-likeness (QED) is 0.760. The van der Waals surface area contributed by atoms with Crippen LogP contribution in [0, 0.1) is 0 Å². The van der Waals surface area contributed by atoms with Crippen LogP contribution in [-0.4, -0.2) is 17.5 Å². The van der Waals surface area contributed by atoms with Gasteiger partial charge in [0.2, 0.25) is 0 Å². The van der Waals surface area contributed by atoms with Crippen LogP contribution in [-0.2, 0) is 6.54 Å². The van der Waals surface area contributed by atoms with Crippen molar-refractivity contribution in [3.8, 4) is 0 Å². The van der Waals surface area contributed by atoms with Gasteiger partial charge < -0.3 is 0 Å². The summed E-state index contributed by atoms with van der Waals surface area (Å²) in [4.78, 5) is 2.46. The number of rotatable bonds is 5. The van der Waals surface area contributed by atoms with Crippen LogP contribution in [0.4, 0.5) is 0 Å². The Labute approximate surface area is 112 Å². The molecule has 1 rings (SSSR count). The molecule has 0 aliphatic heterocycles. The van der Waals surface area contributed by atoms with Gasteiger partial charge in [0.05, 0.1) is 5.02 Å². The maximum Gasteiger partial charge on any atom is 0.0551 e. The molecule has 1 aromatic carbocycles. The van der Waals surface area contributed by atoms with Crippen LogP contribution in [0.1, 0.15) is 32.8 Å². The van der Waals surface area contributed by atoms with Gasteiger partial charge in [-0.2, -0.15) is 0 Å². The standard InChI is InChI=1S/C13H19BrClN/c1-4-7-16(10(2)3)9-11-5-6-12(14)13(15)8-11/h5-6,8,10H,4,7,9H2,1-3H3. The Morgan fingerprint density at radius 3 is 2.56 bits per heavy atom. The van der Waals surface area contributed by atoms with Crippen LogP contribution in [0.25, 0.3) is 0 Å². The van der Waals surface area contributed by atoms with Gasteiger partial charge in [-0.3, -0.25) is 4.90 Å². The average molecular weight is 305 g/mol. The highest BCUT2D eigenvalue weighted by Gasteiger charge is 2.09. The highest BCUT2D eigenvalue weighted by molar-refractivity contribution is 9.10. The third kappa shape index (κ3) is 4.08. The summed E-state index contributed by atoms with van der Waals surface area (Å²) in [7, 11) is 0. The molecule has 3 heteroatoms. The van der Waals surface area contributed by atoms with Crippen molar-refractivity contribution in [1.29, 1.82) is 0 Å². The third-order valence-electron chi connectivity index (χ3n) is 2.61. The number of halogens is 2. The lowest BCUT2D eigenvalue weighted by atomic mass is 10.2. The van der Waals surface area contributed by atoms with E-state index in [0.717, 1.165) is 22.6 Å². The van der Waals surface area contributed by atoms with E-state index in [9.17, 15) is 0 Å². The monoisotopic (exact) mass is 303 g/mol. The largest absolute Gasteiger partial charge is 0.297 e. The lowest BCUT2D eigenvalue weighted by molar-refractivity contribution is 0.213. The van der Waals surface area contributed by atoms with Crippen molar-refractivity contribution >= 4 is 27.5 Å². The topological polar surface area (TPSA) is 3.24 Å². The summed E-state index contributed by atoms with van der Waals surface area (Å²) in [5, 5.41) is 0.790. The number of benzene rings is 1. The molecule has 16 heavy (non-hydrogen) atoms. The second-order valence-electron chi connectivity index (χ2n) is 4.31. The molecule has 1 nitrogen and oxygen atoms in total. The maximum absolute atomic E-state index is 6.09. The molecule has 1 aromatic rings. The second kappa shape index (κ2) is 6.63. The van der Waals surface area contributed by atoms with Gasteiger partial charge in [0.15, 0.2) is 0 Å². The van der Waals surface area contributed by atoms with Gasteiger partial charge in [-0.15, -0.1) is 0 Å². The van der Waals surface area contributed by atoms with Crippen molar-refractivity contribution < 1.29 is 0 Å². The van der Waals surface area contributed by atoms with Gasteiger partial charge in [0, 0.05) is 17.1 Å². The van der Waals surface area contributed by atoms with E-state index in [2.05, 4.69) is 47.7 Å². The van der Waals surface area contributed by atoms with Crippen molar-refractivity contribution in [3.05, 3.63) is 33.3 Å². The SMILES string of the molecule is CCCN(Cc1ccc(Br)c(Cl)c1)C(C)C. The van der Waals surface area contributed by atoms with Gasteiger partial charge in [-0.25, -0.2) is 0 Å². The van der Waals surface area contributed by atoms with Crippen molar-refractivity contribution in [2.75, 3.05) is 6.54 Å². The molecule has 0 saturated carbocycles. The summed E-state index contributed by atoms with van der Waals surface area (Å²) in [6, 6.07) is 6.75. The van der Waals surface area contributed by atoms with Crippen LogP contribution in [0.5, 0.6) is 0 Å². The Morgan fingerprint density at radius 1 is 1.38 bits per heavy atom. The average Bonchev–Trinajstić information content (AvgIpc) is 2.22. The van der Waals surface area contributed by atoms with E-state index >= 15 is 0 Å². The van der Waals surface area contributed by atoms with Crippen molar-refractivity contribution in [1.82, 2.24) is 4.90 Å². The summed E-state index contributed by atoms with van der Waals surface area (Å²) in [6.45, 7) is 8.78. The van der Waals surface area contributed by atoms with Crippen molar-refractivity contribution in [2.45, 2.75) is 39.8 Å². The molecule has 0 amide bonds. The van der Waals surface area contributed by atoms with Gasteiger partial charge in [-0.05, 0) is 60.4 Å². The Hall–Kier alpha value is -0.0500. The first-order valence-corrected chi connectivity index (χ1v) is 6.89. The van der Waals surface area contributed by atoms with Crippen molar-refractivity contribution in [3.63, 3.8) is 0 Å². The molecule has 0 aliphatic carbocycles. The fourth-order valence-corrected chi connectivity index (χ4v) is 2.13. The molecule has 0 saturated heterocycles. The lowest BCUT2D eigenvalue weighted by Crippen LogP contribution is -2.30. The van der Waals surface area contributed by atoms with Crippen molar-refractivity contribution in [2.24, 2.45) is 0 Å². The molecule has 0 heterocycles. The molecule has 90 valence electrons. The molecular weight excluding hydrogens is 286 g/mol. The molecule has 0 bridgehead atoms. The first-order chi connectivity index (χ1) is 7.54. The van der Waals surface area contributed by atoms with Crippen LogP contribution >= 0.6 is 27.5 Å². The summed E-state index contributed by atoms with van der Waals surface area (Å²) in [5.41, 5.74) is 1.27. The lowest BCUT2D eigenvalue weighted by Gasteiger charge is -2.26. The highest BCUT2D eigenvalue weighted by Crippen LogP contribution is 2.24. The van der Waals surface area contributed by atoms with Crippen LogP contribution in [0.2, 0.25) is 5.02 Å². The highest BCUT2D eigenvalue weighted by atomic mass is 79.9. The second-order valence-corrected chi connectivity index (χ2v) is 5.57. The number of hydrogen-bond donors (Lipinski definition) is 0. The van der Waals surface area contributed by atoms with Crippen LogP contribution in [0.3, 0.4) is 0 Å². The normalized spacial score (nSPS) is 11.4. The smallest absolute Gasteiger partial charge is 0.0551 e. The van der Waals surface area contributed by atoms with E-state index in [0.29, 0.717) is 6.04 Å². The zero-order chi connectivity index (χ0) is 12.1. The number of hydrogen-bond acceptors (Lipinski definition) is 1. The maximum atomic E-state index is 6.09. The molecule has 0 aromatic heterocycles. The van der Waals surface area contributed by atoms with E-state index in [1.54, 1.807) is 0 Å². The summed E-state index contributed by atoms with van der Waals surface area (Å²) in [6.07, 6.45) is 1.18. The van der Waals surface area contributed by atoms with Gasteiger partial charge in [0.25, 0.3) is 0 Å². The number of nitrogens with zero attached hydrogens (tertiary/aromatic N) is 1. The first-order valence-electron chi connectivity index (χ1n) is 5.72. The Morgan fingerprint density at radius 2 is 2.06 bits per heavy atom. The summed E-state index contributed by atoms with van der Waals surface area (Å²) < 4.78 is 0.963. The zero-order valence-corrected chi connectivity index (χ0v) is 12.5. The van der Waals surface area contributed by atoms with Crippen LogP contribution < -0.4 is 0 Å². The Balaban J connectivity index is 2.73. The van der Waals surface area contributed by atoms with E-state index < -0.39 is 0 Å². The molecule has 0 unspecified atom stereocenters. The first kappa shape index (κ1) is 14.0. The van der Waals surface area contributed by atoms with Crippen LogP contribution in [0.15, 0.2) is 22.7 Å². The fraction of sp³-hybridized carbons (Fsp3) is 0.538.